The molecule has 2 aromatic rings. The lowest BCUT2D eigenvalue weighted by molar-refractivity contribution is -0.141. The molecule has 1 saturated heterocycles. The Morgan fingerprint density at radius 3 is 2.70 bits per heavy atom. The second-order valence-corrected chi connectivity index (χ2v) is 6.57. The van der Waals surface area contributed by atoms with Crippen LogP contribution in [0.1, 0.15) is 28.5 Å². The molecular formula is C19H21F3N4O. The number of nitrogens with zero attached hydrogens (tertiary/aromatic N) is 2. The van der Waals surface area contributed by atoms with Crippen molar-refractivity contribution in [3.05, 3.63) is 59.4 Å². The van der Waals surface area contributed by atoms with Crippen molar-refractivity contribution in [3.63, 3.8) is 0 Å². The lowest BCUT2D eigenvalue weighted by Gasteiger charge is -2.33. The highest BCUT2D eigenvalue weighted by Gasteiger charge is 2.36. The van der Waals surface area contributed by atoms with Crippen LogP contribution in [0.3, 0.4) is 0 Å². The van der Waals surface area contributed by atoms with Gasteiger partial charge in [0.05, 0.1) is 5.56 Å². The van der Waals surface area contributed by atoms with Crippen LogP contribution in [0.15, 0.2) is 42.6 Å². The van der Waals surface area contributed by atoms with Crippen molar-refractivity contribution in [1.82, 2.24) is 15.2 Å². The first-order valence-electron chi connectivity index (χ1n) is 8.72. The van der Waals surface area contributed by atoms with Crippen molar-refractivity contribution in [1.29, 1.82) is 0 Å². The van der Waals surface area contributed by atoms with Gasteiger partial charge in [0, 0.05) is 44.1 Å². The fourth-order valence-electron chi connectivity index (χ4n) is 3.06. The summed E-state index contributed by atoms with van der Waals surface area (Å²) in [5.41, 5.74) is -0.163. The van der Waals surface area contributed by atoms with Crippen LogP contribution in [0.4, 0.5) is 18.9 Å². The standard InChI is InChI=1S/C19H21F3N4O/c1-13-11-23-9-10-26(13)12-14-4-6-15(7-5-14)25-18(27)16-3-2-8-24-17(16)19(20,21)22/h2-8,13,23H,9-12H2,1H3,(H,25,27)/t13-/m1/s1. The number of carbonyl (C=O) groups is 1. The third-order valence-electron chi connectivity index (χ3n) is 4.56. The molecule has 144 valence electrons. The molecule has 0 radical (unpaired) electrons. The summed E-state index contributed by atoms with van der Waals surface area (Å²) in [6.07, 6.45) is -3.66. The van der Waals surface area contributed by atoms with Crippen molar-refractivity contribution in [3.8, 4) is 0 Å². The molecule has 0 saturated carbocycles. The number of halogens is 3. The van der Waals surface area contributed by atoms with Gasteiger partial charge >= 0.3 is 6.18 Å². The predicted molar refractivity (Wildman–Crippen MR) is 96.4 cm³/mol. The second-order valence-electron chi connectivity index (χ2n) is 6.57. The Bertz CT molecular complexity index is 792. The molecule has 8 heteroatoms. The fraction of sp³-hybridized carbons (Fsp3) is 0.368. The van der Waals surface area contributed by atoms with E-state index in [2.05, 4.69) is 27.4 Å². The number of aromatic nitrogens is 1. The van der Waals surface area contributed by atoms with Crippen molar-refractivity contribution in [2.45, 2.75) is 25.7 Å². The minimum absolute atomic E-state index is 0.435. The summed E-state index contributed by atoms with van der Waals surface area (Å²) in [7, 11) is 0. The normalized spacial score (nSPS) is 18.3. The molecule has 1 aromatic heterocycles. The number of piperazine rings is 1. The highest BCUT2D eigenvalue weighted by molar-refractivity contribution is 6.05. The van der Waals surface area contributed by atoms with E-state index >= 15 is 0 Å². The number of hydrogen-bond acceptors (Lipinski definition) is 4. The number of amides is 1. The zero-order valence-electron chi connectivity index (χ0n) is 14.9. The third kappa shape index (κ3) is 4.84. The number of alkyl halides is 3. The van der Waals surface area contributed by atoms with E-state index in [1.165, 1.54) is 6.07 Å². The van der Waals surface area contributed by atoms with E-state index in [-0.39, 0.29) is 0 Å². The van der Waals surface area contributed by atoms with Gasteiger partial charge in [0.15, 0.2) is 5.69 Å². The number of carbonyl (C=O) groups excluding carboxylic acids is 1. The fourth-order valence-corrected chi connectivity index (χ4v) is 3.06. The number of rotatable bonds is 4. The molecule has 0 unspecified atom stereocenters. The first-order chi connectivity index (χ1) is 12.8. The second kappa shape index (κ2) is 8.06. The molecule has 1 atom stereocenters. The molecule has 1 aliphatic rings. The maximum absolute atomic E-state index is 13.0. The molecular weight excluding hydrogens is 357 g/mol. The monoisotopic (exact) mass is 378 g/mol. The van der Waals surface area contributed by atoms with E-state index in [4.69, 9.17) is 0 Å². The van der Waals surface area contributed by atoms with Crippen LogP contribution in [0.2, 0.25) is 0 Å². The van der Waals surface area contributed by atoms with Crippen LogP contribution >= 0.6 is 0 Å². The largest absolute Gasteiger partial charge is 0.434 e. The molecule has 0 bridgehead atoms. The van der Waals surface area contributed by atoms with Gasteiger partial charge in [-0.2, -0.15) is 13.2 Å². The summed E-state index contributed by atoms with van der Waals surface area (Å²) in [6, 6.07) is 10.0. The van der Waals surface area contributed by atoms with Crippen molar-refractivity contribution in [2.24, 2.45) is 0 Å². The van der Waals surface area contributed by atoms with E-state index in [1.807, 2.05) is 12.1 Å². The zero-order valence-corrected chi connectivity index (χ0v) is 14.9. The number of nitrogens with one attached hydrogen (secondary N) is 2. The summed E-state index contributed by atoms with van der Waals surface area (Å²) < 4.78 is 39.0. The molecule has 5 nitrogen and oxygen atoms in total. The lowest BCUT2D eigenvalue weighted by atomic mass is 10.1. The first kappa shape index (κ1) is 19.3. The van der Waals surface area contributed by atoms with E-state index in [9.17, 15) is 18.0 Å². The van der Waals surface area contributed by atoms with Crippen LogP contribution in [-0.4, -0.2) is 41.5 Å². The van der Waals surface area contributed by atoms with Gasteiger partial charge in [-0.05, 0) is 36.8 Å². The highest BCUT2D eigenvalue weighted by atomic mass is 19.4. The number of anilines is 1. The molecule has 0 spiro atoms. The summed E-state index contributed by atoms with van der Waals surface area (Å²) in [5, 5.41) is 5.85. The average Bonchev–Trinajstić information content (AvgIpc) is 2.64. The Balaban J connectivity index is 1.67. The maximum Gasteiger partial charge on any atom is 0.434 e. The molecule has 1 fully saturated rings. The molecule has 1 aromatic carbocycles. The summed E-state index contributed by atoms with van der Waals surface area (Å²) in [6.45, 7) is 5.80. The predicted octanol–water partition coefficient (Wildman–Crippen LogP) is 3.15. The quantitative estimate of drug-likeness (QED) is 0.858. The number of benzene rings is 1. The Labute approximate surface area is 155 Å². The number of hydrogen-bond donors (Lipinski definition) is 2. The Hall–Kier alpha value is -2.45. The topological polar surface area (TPSA) is 57.3 Å². The van der Waals surface area contributed by atoms with Crippen molar-refractivity contribution < 1.29 is 18.0 Å². The highest BCUT2D eigenvalue weighted by Crippen LogP contribution is 2.30. The van der Waals surface area contributed by atoms with Crippen LogP contribution in [-0.2, 0) is 12.7 Å². The zero-order chi connectivity index (χ0) is 19.4. The van der Waals surface area contributed by atoms with E-state index in [0.29, 0.717) is 11.7 Å². The van der Waals surface area contributed by atoms with Crippen LogP contribution in [0, 0.1) is 0 Å². The molecule has 0 aliphatic carbocycles. The molecule has 1 amide bonds. The molecule has 1 aliphatic heterocycles. The minimum Gasteiger partial charge on any atom is -0.322 e. The Morgan fingerprint density at radius 1 is 1.30 bits per heavy atom. The smallest absolute Gasteiger partial charge is 0.322 e. The van der Waals surface area contributed by atoms with E-state index < -0.39 is 23.3 Å². The van der Waals surface area contributed by atoms with Gasteiger partial charge in [-0.1, -0.05) is 12.1 Å². The minimum atomic E-state index is -4.68. The van der Waals surface area contributed by atoms with Crippen LogP contribution < -0.4 is 10.6 Å². The summed E-state index contributed by atoms with van der Waals surface area (Å²) >= 11 is 0. The molecule has 3 rings (SSSR count). The van der Waals surface area contributed by atoms with Gasteiger partial charge in [0.25, 0.3) is 5.91 Å². The van der Waals surface area contributed by atoms with E-state index in [1.54, 1.807) is 12.1 Å². The van der Waals surface area contributed by atoms with Gasteiger partial charge in [-0.15, -0.1) is 0 Å². The summed E-state index contributed by atoms with van der Waals surface area (Å²) in [4.78, 5) is 17.9. The maximum atomic E-state index is 13.0. The van der Waals surface area contributed by atoms with Crippen LogP contribution in [0.5, 0.6) is 0 Å². The van der Waals surface area contributed by atoms with Gasteiger partial charge in [0.1, 0.15) is 0 Å². The van der Waals surface area contributed by atoms with E-state index in [0.717, 1.165) is 44.0 Å². The molecule has 2 heterocycles. The molecule has 27 heavy (non-hydrogen) atoms. The van der Waals surface area contributed by atoms with Crippen molar-refractivity contribution in [2.75, 3.05) is 25.0 Å². The summed E-state index contributed by atoms with van der Waals surface area (Å²) in [5.74, 6) is -0.834. The third-order valence-corrected chi connectivity index (χ3v) is 4.56. The first-order valence-corrected chi connectivity index (χ1v) is 8.72. The van der Waals surface area contributed by atoms with Gasteiger partial charge < -0.3 is 10.6 Å². The van der Waals surface area contributed by atoms with Crippen molar-refractivity contribution >= 4 is 11.6 Å². The molecule has 2 N–H and O–H groups in total. The SMILES string of the molecule is C[C@@H]1CNCCN1Cc1ccc(NC(=O)c2cccnc2C(F)(F)F)cc1. The Kier molecular flexibility index (Phi) is 5.76. The number of pyridine rings is 1. The van der Waals surface area contributed by atoms with Gasteiger partial charge in [-0.25, -0.2) is 0 Å². The van der Waals surface area contributed by atoms with Gasteiger partial charge in [-0.3, -0.25) is 14.7 Å². The Morgan fingerprint density at radius 2 is 2.04 bits per heavy atom. The van der Waals surface area contributed by atoms with Crippen LogP contribution in [0.25, 0.3) is 0 Å². The lowest BCUT2D eigenvalue weighted by Crippen LogP contribution is -2.49. The average molecular weight is 378 g/mol. The van der Waals surface area contributed by atoms with Gasteiger partial charge in [0.2, 0.25) is 0 Å².